The SMILES string of the molecule is COc1cccc([C@@H]2Nc3ccccc3NC3=C2C(=O)CCC3)c1. The maximum absolute atomic E-state index is 12.7. The topological polar surface area (TPSA) is 50.4 Å². The van der Waals surface area contributed by atoms with Crippen molar-refractivity contribution in [2.45, 2.75) is 25.3 Å². The van der Waals surface area contributed by atoms with E-state index in [1.807, 2.05) is 48.5 Å². The van der Waals surface area contributed by atoms with Crippen molar-refractivity contribution in [3.05, 3.63) is 65.4 Å². The van der Waals surface area contributed by atoms with Gasteiger partial charge in [0, 0.05) is 17.7 Å². The van der Waals surface area contributed by atoms with E-state index in [0.29, 0.717) is 6.42 Å². The van der Waals surface area contributed by atoms with Crippen molar-refractivity contribution >= 4 is 17.2 Å². The van der Waals surface area contributed by atoms with Gasteiger partial charge in [-0.05, 0) is 42.7 Å². The van der Waals surface area contributed by atoms with Crippen LogP contribution in [0.3, 0.4) is 0 Å². The molecule has 0 saturated heterocycles. The van der Waals surface area contributed by atoms with E-state index < -0.39 is 0 Å². The second kappa shape index (κ2) is 6.04. The lowest BCUT2D eigenvalue weighted by molar-refractivity contribution is -0.116. The second-order valence-corrected chi connectivity index (χ2v) is 6.19. The monoisotopic (exact) mass is 320 g/mol. The minimum atomic E-state index is -0.168. The quantitative estimate of drug-likeness (QED) is 0.867. The number of allylic oxidation sites excluding steroid dienone is 1. The van der Waals surface area contributed by atoms with Gasteiger partial charge >= 0.3 is 0 Å². The Balaban J connectivity index is 1.86. The Morgan fingerprint density at radius 2 is 1.88 bits per heavy atom. The van der Waals surface area contributed by atoms with Crippen molar-refractivity contribution < 1.29 is 9.53 Å². The highest BCUT2D eigenvalue weighted by atomic mass is 16.5. The van der Waals surface area contributed by atoms with Crippen LogP contribution in [0.2, 0.25) is 0 Å². The third-order valence-electron chi connectivity index (χ3n) is 4.68. The minimum absolute atomic E-state index is 0.168. The predicted molar refractivity (Wildman–Crippen MR) is 95.3 cm³/mol. The second-order valence-electron chi connectivity index (χ2n) is 6.19. The van der Waals surface area contributed by atoms with Crippen LogP contribution < -0.4 is 15.4 Å². The highest BCUT2D eigenvalue weighted by molar-refractivity contribution is 6.00. The molecule has 4 nitrogen and oxygen atoms in total. The van der Waals surface area contributed by atoms with Gasteiger partial charge in [0.2, 0.25) is 0 Å². The van der Waals surface area contributed by atoms with Crippen LogP contribution >= 0.6 is 0 Å². The summed E-state index contributed by atoms with van der Waals surface area (Å²) < 4.78 is 5.36. The van der Waals surface area contributed by atoms with Gasteiger partial charge in [0.25, 0.3) is 0 Å². The van der Waals surface area contributed by atoms with E-state index in [0.717, 1.165) is 46.8 Å². The zero-order valence-corrected chi connectivity index (χ0v) is 13.6. The van der Waals surface area contributed by atoms with Crippen LogP contribution in [0.4, 0.5) is 11.4 Å². The van der Waals surface area contributed by atoms with Gasteiger partial charge in [0.05, 0.1) is 24.5 Å². The maximum Gasteiger partial charge on any atom is 0.163 e. The standard InChI is InChI=1S/C20H20N2O2/c1-24-14-7-4-6-13(12-14)20-19-17(10-5-11-18(19)23)21-15-8-2-3-9-16(15)22-20/h2-4,6-9,12,20-22H,5,10-11H2,1H3/t20-/m0/s1. The van der Waals surface area contributed by atoms with E-state index in [4.69, 9.17) is 4.74 Å². The summed E-state index contributed by atoms with van der Waals surface area (Å²) in [6.07, 6.45) is 2.41. The van der Waals surface area contributed by atoms with Crippen molar-refractivity contribution in [3.8, 4) is 5.75 Å². The lowest BCUT2D eigenvalue weighted by Crippen LogP contribution is -2.23. The zero-order chi connectivity index (χ0) is 16.5. The Bertz CT molecular complexity index is 826. The summed E-state index contributed by atoms with van der Waals surface area (Å²) in [6.45, 7) is 0. The summed E-state index contributed by atoms with van der Waals surface area (Å²) in [4.78, 5) is 12.7. The van der Waals surface area contributed by atoms with E-state index in [9.17, 15) is 4.79 Å². The molecule has 0 aromatic heterocycles. The number of ketones is 1. The lowest BCUT2D eigenvalue weighted by atomic mass is 9.86. The largest absolute Gasteiger partial charge is 0.497 e. The number of hydrogen-bond donors (Lipinski definition) is 2. The molecule has 0 amide bonds. The molecule has 0 unspecified atom stereocenters. The number of Topliss-reactive ketones (excluding diaryl/α,β-unsaturated/α-hetero) is 1. The first-order valence-electron chi connectivity index (χ1n) is 8.29. The van der Waals surface area contributed by atoms with Crippen molar-refractivity contribution in [3.63, 3.8) is 0 Å². The fraction of sp³-hybridized carbons (Fsp3) is 0.250. The summed E-state index contributed by atoms with van der Waals surface area (Å²) >= 11 is 0. The molecule has 1 aliphatic carbocycles. The Kier molecular flexibility index (Phi) is 3.73. The fourth-order valence-corrected chi connectivity index (χ4v) is 3.51. The molecule has 0 saturated carbocycles. The molecule has 122 valence electrons. The molecule has 2 N–H and O–H groups in total. The molecule has 1 atom stereocenters. The first-order valence-corrected chi connectivity index (χ1v) is 8.29. The van der Waals surface area contributed by atoms with Crippen molar-refractivity contribution in [1.82, 2.24) is 0 Å². The van der Waals surface area contributed by atoms with Crippen LogP contribution in [0, 0.1) is 0 Å². The molecule has 2 aromatic rings. The highest BCUT2D eigenvalue weighted by Crippen LogP contribution is 2.40. The van der Waals surface area contributed by atoms with Crippen LogP contribution in [-0.4, -0.2) is 12.9 Å². The maximum atomic E-state index is 12.7. The average molecular weight is 320 g/mol. The van der Waals surface area contributed by atoms with Gasteiger partial charge in [0.1, 0.15) is 5.75 Å². The van der Waals surface area contributed by atoms with Gasteiger partial charge in [0.15, 0.2) is 5.78 Å². The summed E-state index contributed by atoms with van der Waals surface area (Å²) in [7, 11) is 1.66. The van der Waals surface area contributed by atoms with Crippen molar-refractivity contribution in [2.24, 2.45) is 0 Å². The summed E-state index contributed by atoms with van der Waals surface area (Å²) in [5.41, 5.74) is 4.95. The number of methoxy groups -OCH3 is 1. The number of para-hydroxylation sites is 2. The normalized spacial score (nSPS) is 19.5. The van der Waals surface area contributed by atoms with Crippen LogP contribution in [0.1, 0.15) is 30.9 Å². The summed E-state index contributed by atoms with van der Waals surface area (Å²) in [5, 5.41) is 7.05. The number of hydrogen-bond acceptors (Lipinski definition) is 4. The molecular formula is C20H20N2O2. The van der Waals surface area contributed by atoms with E-state index >= 15 is 0 Å². The molecule has 1 heterocycles. The first-order chi connectivity index (χ1) is 11.8. The number of carbonyl (C=O) groups excluding carboxylic acids is 1. The van der Waals surface area contributed by atoms with Gasteiger partial charge in [-0.15, -0.1) is 0 Å². The number of benzene rings is 2. The van der Waals surface area contributed by atoms with Gasteiger partial charge in [-0.3, -0.25) is 4.79 Å². The number of carbonyl (C=O) groups is 1. The average Bonchev–Trinajstić information content (AvgIpc) is 2.79. The molecule has 1 aliphatic heterocycles. The van der Waals surface area contributed by atoms with E-state index in [-0.39, 0.29) is 11.8 Å². The third kappa shape index (κ3) is 2.54. The Labute approximate surface area is 141 Å². The Morgan fingerprint density at radius 1 is 1.04 bits per heavy atom. The zero-order valence-electron chi connectivity index (χ0n) is 13.6. The van der Waals surface area contributed by atoms with E-state index in [1.165, 1.54) is 0 Å². The van der Waals surface area contributed by atoms with Crippen molar-refractivity contribution in [2.75, 3.05) is 17.7 Å². The summed E-state index contributed by atoms with van der Waals surface area (Å²) in [5.74, 6) is 1.02. The molecule has 2 aliphatic rings. The number of fused-ring (bicyclic) bond motifs is 1. The van der Waals surface area contributed by atoms with E-state index in [2.05, 4.69) is 10.6 Å². The lowest BCUT2D eigenvalue weighted by Gasteiger charge is -2.25. The number of anilines is 2. The third-order valence-corrected chi connectivity index (χ3v) is 4.68. The van der Waals surface area contributed by atoms with Crippen LogP contribution in [-0.2, 0) is 4.79 Å². The van der Waals surface area contributed by atoms with Crippen LogP contribution in [0.25, 0.3) is 0 Å². The minimum Gasteiger partial charge on any atom is -0.497 e. The Hall–Kier alpha value is -2.75. The molecule has 0 radical (unpaired) electrons. The van der Waals surface area contributed by atoms with Gasteiger partial charge in [-0.25, -0.2) is 0 Å². The molecule has 0 spiro atoms. The number of rotatable bonds is 2. The number of ether oxygens (including phenoxy) is 1. The molecular weight excluding hydrogens is 300 g/mol. The smallest absolute Gasteiger partial charge is 0.163 e. The number of nitrogens with one attached hydrogen (secondary N) is 2. The molecule has 24 heavy (non-hydrogen) atoms. The van der Waals surface area contributed by atoms with Crippen molar-refractivity contribution in [1.29, 1.82) is 0 Å². The predicted octanol–water partition coefficient (Wildman–Crippen LogP) is 4.28. The molecule has 2 aromatic carbocycles. The molecule has 0 bridgehead atoms. The highest BCUT2D eigenvalue weighted by Gasteiger charge is 2.32. The fourth-order valence-electron chi connectivity index (χ4n) is 3.51. The molecule has 4 rings (SSSR count). The van der Waals surface area contributed by atoms with Gasteiger partial charge in [-0.1, -0.05) is 24.3 Å². The van der Waals surface area contributed by atoms with Gasteiger partial charge in [-0.2, -0.15) is 0 Å². The van der Waals surface area contributed by atoms with Crippen LogP contribution in [0.5, 0.6) is 5.75 Å². The Morgan fingerprint density at radius 3 is 2.71 bits per heavy atom. The molecule has 4 heteroatoms. The van der Waals surface area contributed by atoms with Gasteiger partial charge < -0.3 is 15.4 Å². The van der Waals surface area contributed by atoms with E-state index in [1.54, 1.807) is 7.11 Å². The summed E-state index contributed by atoms with van der Waals surface area (Å²) in [6, 6.07) is 15.8. The molecule has 0 fully saturated rings. The van der Waals surface area contributed by atoms with Crippen LogP contribution in [0.15, 0.2) is 59.8 Å². The first kappa shape index (κ1) is 14.8.